The number of carbonyl (C=O) groups is 1. The Kier molecular flexibility index (Phi) is 6.91. The zero-order valence-corrected chi connectivity index (χ0v) is 20.9. The number of pyridine rings is 1. The first kappa shape index (κ1) is 23.9. The van der Waals surface area contributed by atoms with Crippen LogP contribution in [0, 0.1) is 0 Å². The second-order valence-electron chi connectivity index (χ2n) is 9.09. The van der Waals surface area contributed by atoms with Gasteiger partial charge in [0.05, 0.1) is 11.1 Å². The Labute approximate surface area is 212 Å². The van der Waals surface area contributed by atoms with Crippen LogP contribution in [0.5, 0.6) is 11.5 Å². The maximum atomic E-state index is 13.1. The van der Waals surface area contributed by atoms with Crippen molar-refractivity contribution in [2.45, 2.75) is 20.4 Å². The molecule has 0 spiro atoms. The number of fused-ring (bicyclic) bond motifs is 1. The molecule has 0 atom stereocenters. The van der Waals surface area contributed by atoms with Gasteiger partial charge in [0.25, 0.3) is 0 Å². The molecule has 0 bridgehead atoms. The van der Waals surface area contributed by atoms with E-state index in [9.17, 15) is 9.90 Å². The number of ether oxygens (including phenoxy) is 1. The number of phenols is 1. The van der Waals surface area contributed by atoms with Crippen LogP contribution in [0.3, 0.4) is 0 Å². The fourth-order valence-electron chi connectivity index (χ4n) is 4.87. The number of anilines is 2. The first-order valence-corrected chi connectivity index (χ1v) is 12.6. The molecule has 1 N–H and O–H groups in total. The van der Waals surface area contributed by atoms with Crippen LogP contribution in [0.1, 0.15) is 35.3 Å². The van der Waals surface area contributed by atoms with Gasteiger partial charge in [-0.3, -0.25) is 9.69 Å². The van der Waals surface area contributed by atoms with E-state index in [1.54, 1.807) is 18.2 Å². The number of phenolic OH excluding ortho intramolecular Hbond substituents is 1. The molecule has 36 heavy (non-hydrogen) atoms. The fourth-order valence-corrected chi connectivity index (χ4v) is 4.87. The van der Waals surface area contributed by atoms with Crippen molar-refractivity contribution in [3.8, 4) is 11.5 Å². The van der Waals surface area contributed by atoms with E-state index < -0.39 is 0 Å². The van der Waals surface area contributed by atoms with Crippen LogP contribution in [0.25, 0.3) is 6.08 Å². The van der Waals surface area contributed by atoms with Crippen molar-refractivity contribution in [2.75, 3.05) is 49.1 Å². The third kappa shape index (κ3) is 4.79. The van der Waals surface area contributed by atoms with Gasteiger partial charge in [0.2, 0.25) is 5.78 Å². The van der Waals surface area contributed by atoms with E-state index in [2.05, 4.69) is 45.7 Å². The number of allylic oxidation sites excluding steroid dienone is 1. The van der Waals surface area contributed by atoms with Crippen LogP contribution in [-0.4, -0.2) is 60.0 Å². The number of aromatic nitrogens is 1. The van der Waals surface area contributed by atoms with E-state index >= 15 is 0 Å². The van der Waals surface area contributed by atoms with E-state index in [1.807, 2.05) is 36.5 Å². The highest BCUT2D eigenvalue weighted by Crippen LogP contribution is 2.40. The van der Waals surface area contributed by atoms with E-state index in [0.29, 0.717) is 23.4 Å². The molecular weight excluding hydrogens is 452 g/mol. The normalized spacial score (nSPS) is 16.8. The number of carbonyl (C=O) groups excluding carboxylic acids is 1. The van der Waals surface area contributed by atoms with Crippen LogP contribution < -0.4 is 14.5 Å². The summed E-state index contributed by atoms with van der Waals surface area (Å²) in [6.45, 7) is 10.0. The van der Waals surface area contributed by atoms with Crippen LogP contribution in [0.2, 0.25) is 0 Å². The third-order valence-electron chi connectivity index (χ3n) is 6.96. The smallest absolute Gasteiger partial charge is 0.231 e. The monoisotopic (exact) mass is 484 g/mol. The Morgan fingerprint density at radius 2 is 1.75 bits per heavy atom. The summed E-state index contributed by atoms with van der Waals surface area (Å²) in [4.78, 5) is 24.4. The second kappa shape index (κ2) is 10.4. The standard InChI is InChI=1S/C29H32N4O3/c1-3-32(4-2)22-10-8-21(9-11-22)19-26-28(35)23-12-13-25(34)24(29(23)36-26)20-31-15-17-33(18-16-31)27-7-5-6-14-30-27/h5-14,19,34H,3-4,15-18,20H2,1-2H3/b26-19+. The minimum absolute atomic E-state index is 0.151. The summed E-state index contributed by atoms with van der Waals surface area (Å²) in [5, 5.41) is 10.7. The van der Waals surface area contributed by atoms with Crippen molar-refractivity contribution in [1.82, 2.24) is 9.88 Å². The van der Waals surface area contributed by atoms with Crippen molar-refractivity contribution in [3.05, 3.63) is 83.2 Å². The molecule has 1 aromatic heterocycles. The molecule has 2 aliphatic rings. The molecule has 1 saturated heterocycles. The Bertz CT molecular complexity index is 1250. The molecule has 0 unspecified atom stereocenters. The van der Waals surface area contributed by atoms with Crippen molar-refractivity contribution in [1.29, 1.82) is 0 Å². The number of ketones is 1. The quantitative estimate of drug-likeness (QED) is 0.493. The molecule has 0 radical (unpaired) electrons. The molecule has 3 heterocycles. The summed E-state index contributed by atoms with van der Waals surface area (Å²) in [5.74, 6) is 1.73. The summed E-state index contributed by atoms with van der Waals surface area (Å²) >= 11 is 0. The van der Waals surface area contributed by atoms with Gasteiger partial charge >= 0.3 is 0 Å². The lowest BCUT2D eigenvalue weighted by Gasteiger charge is -2.35. The molecule has 0 aliphatic carbocycles. The highest BCUT2D eigenvalue weighted by atomic mass is 16.5. The van der Waals surface area contributed by atoms with E-state index in [4.69, 9.17) is 4.74 Å². The Morgan fingerprint density at radius 3 is 2.42 bits per heavy atom. The van der Waals surface area contributed by atoms with Gasteiger partial charge < -0.3 is 19.6 Å². The van der Waals surface area contributed by atoms with Crippen molar-refractivity contribution < 1.29 is 14.6 Å². The molecule has 7 heteroatoms. The van der Waals surface area contributed by atoms with Gasteiger partial charge in [-0.2, -0.15) is 0 Å². The van der Waals surface area contributed by atoms with Gasteiger partial charge in [0.15, 0.2) is 5.76 Å². The summed E-state index contributed by atoms with van der Waals surface area (Å²) in [7, 11) is 0. The Balaban J connectivity index is 1.30. The molecule has 5 rings (SSSR count). The number of benzene rings is 2. The van der Waals surface area contributed by atoms with E-state index in [1.165, 1.54) is 0 Å². The molecule has 3 aromatic rings. The largest absolute Gasteiger partial charge is 0.507 e. The van der Waals surface area contributed by atoms with Crippen molar-refractivity contribution >= 4 is 23.4 Å². The number of Topliss-reactive ketones (excluding diaryl/α,β-unsaturated/α-hetero) is 1. The van der Waals surface area contributed by atoms with Crippen LogP contribution in [-0.2, 0) is 6.54 Å². The van der Waals surface area contributed by atoms with Gasteiger partial charge in [0, 0.05) is 57.7 Å². The van der Waals surface area contributed by atoms with Gasteiger partial charge in [0.1, 0.15) is 17.3 Å². The average molecular weight is 485 g/mol. The maximum Gasteiger partial charge on any atom is 0.231 e. The zero-order chi connectivity index (χ0) is 25.1. The first-order valence-electron chi connectivity index (χ1n) is 12.6. The molecule has 2 aliphatic heterocycles. The molecule has 1 fully saturated rings. The number of hydrogen-bond acceptors (Lipinski definition) is 7. The minimum atomic E-state index is -0.154. The number of aromatic hydroxyl groups is 1. The molecular formula is C29H32N4O3. The molecule has 2 aromatic carbocycles. The lowest BCUT2D eigenvalue weighted by molar-refractivity contribution is 0.101. The second-order valence-corrected chi connectivity index (χ2v) is 9.09. The Hall–Kier alpha value is -3.84. The van der Waals surface area contributed by atoms with E-state index in [0.717, 1.165) is 56.3 Å². The summed E-state index contributed by atoms with van der Waals surface area (Å²) in [6.07, 6.45) is 3.59. The molecule has 0 amide bonds. The number of rotatable bonds is 7. The highest BCUT2D eigenvalue weighted by molar-refractivity contribution is 6.15. The molecule has 186 valence electrons. The molecule has 0 saturated carbocycles. The van der Waals surface area contributed by atoms with Gasteiger partial charge in [-0.25, -0.2) is 4.98 Å². The third-order valence-corrected chi connectivity index (χ3v) is 6.96. The SMILES string of the molecule is CCN(CC)c1ccc(/C=C2/Oc3c(ccc(O)c3CN3CCN(c4ccccn4)CC3)C2=O)cc1. The fraction of sp³-hybridized carbons (Fsp3) is 0.310. The van der Waals surface area contributed by atoms with Crippen molar-refractivity contribution in [3.63, 3.8) is 0 Å². The number of nitrogens with zero attached hydrogens (tertiary/aromatic N) is 4. The van der Waals surface area contributed by atoms with Crippen molar-refractivity contribution in [2.24, 2.45) is 0 Å². The predicted molar refractivity (Wildman–Crippen MR) is 143 cm³/mol. The molecule has 7 nitrogen and oxygen atoms in total. The lowest BCUT2D eigenvalue weighted by Crippen LogP contribution is -2.46. The number of hydrogen-bond donors (Lipinski definition) is 1. The highest BCUT2D eigenvalue weighted by Gasteiger charge is 2.32. The number of piperazine rings is 1. The van der Waals surface area contributed by atoms with Crippen LogP contribution in [0.4, 0.5) is 11.5 Å². The predicted octanol–water partition coefficient (Wildman–Crippen LogP) is 4.57. The Morgan fingerprint density at radius 1 is 1.00 bits per heavy atom. The lowest BCUT2D eigenvalue weighted by atomic mass is 10.0. The van der Waals surface area contributed by atoms with Gasteiger partial charge in [-0.05, 0) is 61.9 Å². The topological polar surface area (TPSA) is 69.1 Å². The van der Waals surface area contributed by atoms with Gasteiger partial charge in [-0.15, -0.1) is 0 Å². The maximum absolute atomic E-state index is 13.1. The summed E-state index contributed by atoms with van der Waals surface area (Å²) in [5.41, 5.74) is 3.21. The average Bonchev–Trinajstić information content (AvgIpc) is 3.23. The first-order chi connectivity index (χ1) is 17.6. The van der Waals surface area contributed by atoms with E-state index in [-0.39, 0.29) is 17.3 Å². The summed E-state index contributed by atoms with van der Waals surface area (Å²) in [6, 6.07) is 17.3. The minimum Gasteiger partial charge on any atom is -0.507 e. The van der Waals surface area contributed by atoms with Crippen LogP contribution >= 0.6 is 0 Å². The van der Waals surface area contributed by atoms with Crippen LogP contribution in [0.15, 0.2) is 66.6 Å². The zero-order valence-electron chi connectivity index (χ0n) is 20.9. The van der Waals surface area contributed by atoms with Gasteiger partial charge in [-0.1, -0.05) is 18.2 Å². The summed E-state index contributed by atoms with van der Waals surface area (Å²) < 4.78 is 6.08.